The van der Waals surface area contributed by atoms with E-state index in [0.717, 1.165) is 17.4 Å². The van der Waals surface area contributed by atoms with Crippen LogP contribution in [0.4, 0.5) is 16.2 Å². The maximum atomic E-state index is 12.7. The molecule has 2 aromatic rings. The molecule has 2 aromatic carbocycles. The molecule has 2 amide bonds. The van der Waals surface area contributed by atoms with Crippen molar-refractivity contribution in [3.05, 3.63) is 42.5 Å². The van der Waals surface area contributed by atoms with Crippen molar-refractivity contribution in [1.29, 1.82) is 0 Å². The van der Waals surface area contributed by atoms with Gasteiger partial charge in [0.1, 0.15) is 0 Å². The molecule has 7 nitrogen and oxygen atoms in total. The van der Waals surface area contributed by atoms with Gasteiger partial charge in [0.15, 0.2) is 9.84 Å². The first kappa shape index (κ1) is 21.8. The minimum atomic E-state index is -3.28. The fraction of sp³-hybridized carbons (Fsp3) is 0.364. The summed E-state index contributed by atoms with van der Waals surface area (Å²) in [6, 6.07) is 11.9. The van der Waals surface area contributed by atoms with E-state index in [2.05, 4.69) is 0 Å². The van der Waals surface area contributed by atoms with Crippen LogP contribution in [0.1, 0.15) is 27.7 Å². The number of benzene rings is 2. The van der Waals surface area contributed by atoms with Gasteiger partial charge in [0.25, 0.3) is 0 Å². The van der Waals surface area contributed by atoms with Gasteiger partial charge in [-0.15, -0.1) is 0 Å². The number of carbonyl (C=O) groups is 2. The third kappa shape index (κ3) is 4.33. The lowest BCUT2D eigenvalue weighted by Gasteiger charge is -2.40. The molecule has 1 aliphatic heterocycles. The molecule has 0 fully saturated rings. The van der Waals surface area contributed by atoms with Crippen molar-refractivity contribution in [3.8, 4) is 11.1 Å². The van der Waals surface area contributed by atoms with Crippen LogP contribution >= 0.6 is 0 Å². The molecule has 8 heteroatoms. The number of hydrogen-bond donors (Lipinski definition) is 0. The van der Waals surface area contributed by atoms with Gasteiger partial charge in [-0.1, -0.05) is 18.2 Å². The molecule has 1 aliphatic rings. The number of nitrogens with zero attached hydrogens (tertiary/aromatic N) is 2. The van der Waals surface area contributed by atoms with Crippen molar-refractivity contribution in [3.63, 3.8) is 0 Å². The van der Waals surface area contributed by atoms with E-state index in [4.69, 9.17) is 4.74 Å². The Morgan fingerprint density at radius 2 is 1.63 bits per heavy atom. The van der Waals surface area contributed by atoms with Crippen LogP contribution in [0.3, 0.4) is 0 Å². The Morgan fingerprint density at radius 3 is 2.17 bits per heavy atom. The zero-order chi connectivity index (χ0) is 22.2. The second-order valence-electron chi connectivity index (χ2n) is 7.78. The summed E-state index contributed by atoms with van der Waals surface area (Å²) in [7, 11) is -3.28. The molecule has 0 spiro atoms. The number of ether oxygens (including phenoxy) is 1. The summed E-state index contributed by atoms with van der Waals surface area (Å²) in [5, 5.41) is 0. The lowest BCUT2D eigenvalue weighted by Crippen LogP contribution is -2.51. The normalized spacial score (nSPS) is 16.4. The number of hydrogen-bond acceptors (Lipinski definition) is 5. The highest BCUT2D eigenvalue weighted by atomic mass is 32.2. The number of carbonyl (C=O) groups excluding carboxylic acids is 2. The minimum absolute atomic E-state index is 0.106. The number of rotatable bonds is 3. The van der Waals surface area contributed by atoms with Gasteiger partial charge < -0.3 is 9.64 Å². The SMILES string of the molecule is CC(=O)N1c2ccc(-c3ccc(S(C)(=O)=O)cc3)cc2N(C(=O)OC(C)C)C[C@@H]1C. The molecule has 0 unspecified atom stereocenters. The van der Waals surface area contributed by atoms with E-state index < -0.39 is 15.9 Å². The highest BCUT2D eigenvalue weighted by Crippen LogP contribution is 2.39. The van der Waals surface area contributed by atoms with E-state index in [1.807, 2.05) is 25.1 Å². The largest absolute Gasteiger partial charge is 0.446 e. The van der Waals surface area contributed by atoms with Crippen LogP contribution in [0.15, 0.2) is 47.4 Å². The van der Waals surface area contributed by atoms with Crippen molar-refractivity contribution in [2.75, 3.05) is 22.6 Å². The highest BCUT2D eigenvalue weighted by Gasteiger charge is 2.34. The first-order chi connectivity index (χ1) is 14.0. The summed E-state index contributed by atoms with van der Waals surface area (Å²) in [6.07, 6.45) is 0.427. The van der Waals surface area contributed by atoms with Crippen LogP contribution < -0.4 is 9.80 Å². The van der Waals surface area contributed by atoms with Crippen molar-refractivity contribution < 1.29 is 22.7 Å². The van der Waals surface area contributed by atoms with Crippen LogP contribution in [0, 0.1) is 0 Å². The number of amides is 2. The van der Waals surface area contributed by atoms with Gasteiger partial charge in [0.05, 0.1) is 28.4 Å². The Hall–Kier alpha value is -2.87. The predicted molar refractivity (Wildman–Crippen MR) is 117 cm³/mol. The van der Waals surface area contributed by atoms with E-state index in [-0.39, 0.29) is 22.9 Å². The molecule has 160 valence electrons. The summed E-state index contributed by atoms with van der Waals surface area (Å²) < 4.78 is 28.8. The second kappa shape index (κ2) is 8.10. The maximum absolute atomic E-state index is 12.7. The summed E-state index contributed by atoms with van der Waals surface area (Å²) in [5.41, 5.74) is 2.82. The van der Waals surface area contributed by atoms with E-state index in [0.29, 0.717) is 17.9 Å². The fourth-order valence-electron chi connectivity index (χ4n) is 3.62. The Kier molecular flexibility index (Phi) is 5.90. The van der Waals surface area contributed by atoms with E-state index in [1.54, 1.807) is 47.9 Å². The molecular weight excluding hydrogens is 404 g/mol. The average molecular weight is 431 g/mol. The summed E-state index contributed by atoms with van der Waals surface area (Å²) in [5.74, 6) is -0.106. The van der Waals surface area contributed by atoms with E-state index in [9.17, 15) is 18.0 Å². The molecule has 0 aromatic heterocycles. The first-order valence-corrected chi connectivity index (χ1v) is 11.6. The molecule has 0 aliphatic carbocycles. The molecule has 30 heavy (non-hydrogen) atoms. The molecule has 3 rings (SSSR count). The average Bonchev–Trinajstić information content (AvgIpc) is 2.65. The van der Waals surface area contributed by atoms with E-state index >= 15 is 0 Å². The van der Waals surface area contributed by atoms with Crippen molar-refractivity contribution in [1.82, 2.24) is 0 Å². The summed E-state index contributed by atoms with van der Waals surface area (Å²) in [4.78, 5) is 28.4. The third-order valence-electron chi connectivity index (χ3n) is 4.93. The van der Waals surface area contributed by atoms with Crippen molar-refractivity contribution in [2.45, 2.75) is 44.7 Å². The zero-order valence-corrected chi connectivity index (χ0v) is 18.6. The Morgan fingerprint density at radius 1 is 1.03 bits per heavy atom. The zero-order valence-electron chi connectivity index (χ0n) is 17.7. The first-order valence-electron chi connectivity index (χ1n) is 9.71. The standard InChI is InChI=1S/C22H26N2O5S/c1-14(2)29-22(26)23-13-15(3)24(16(4)25)20-11-8-18(12-21(20)23)17-6-9-19(10-7-17)30(5,27)28/h6-12,14-15H,13H2,1-5H3/t15-/m0/s1. The lowest BCUT2D eigenvalue weighted by molar-refractivity contribution is -0.117. The Labute approximate surface area is 177 Å². The molecule has 1 atom stereocenters. The van der Waals surface area contributed by atoms with Crippen LogP contribution in [-0.2, 0) is 19.4 Å². The van der Waals surface area contributed by atoms with Crippen LogP contribution in [0.5, 0.6) is 0 Å². The van der Waals surface area contributed by atoms with Crippen LogP contribution in [-0.4, -0.2) is 45.4 Å². The predicted octanol–water partition coefficient (Wildman–Crippen LogP) is 3.86. The molecule has 0 saturated heterocycles. The minimum Gasteiger partial charge on any atom is -0.446 e. The monoisotopic (exact) mass is 430 g/mol. The van der Waals surface area contributed by atoms with Crippen molar-refractivity contribution >= 4 is 33.2 Å². The fourth-order valence-corrected chi connectivity index (χ4v) is 4.25. The summed E-state index contributed by atoms with van der Waals surface area (Å²) >= 11 is 0. The maximum Gasteiger partial charge on any atom is 0.414 e. The second-order valence-corrected chi connectivity index (χ2v) is 9.80. The van der Waals surface area contributed by atoms with Gasteiger partial charge in [-0.25, -0.2) is 13.2 Å². The Bertz CT molecular complexity index is 1080. The summed E-state index contributed by atoms with van der Waals surface area (Å²) in [6.45, 7) is 7.27. The van der Waals surface area contributed by atoms with Gasteiger partial charge in [0.2, 0.25) is 5.91 Å². The van der Waals surface area contributed by atoms with Crippen molar-refractivity contribution in [2.24, 2.45) is 0 Å². The van der Waals surface area contributed by atoms with Gasteiger partial charge in [-0.2, -0.15) is 0 Å². The van der Waals surface area contributed by atoms with E-state index in [1.165, 1.54) is 6.92 Å². The van der Waals surface area contributed by atoms with Gasteiger partial charge in [0, 0.05) is 19.7 Å². The quantitative estimate of drug-likeness (QED) is 0.738. The van der Waals surface area contributed by atoms with Crippen LogP contribution in [0.2, 0.25) is 0 Å². The topological polar surface area (TPSA) is 84.0 Å². The lowest BCUT2D eigenvalue weighted by atomic mass is 10.0. The van der Waals surface area contributed by atoms with Crippen LogP contribution in [0.25, 0.3) is 11.1 Å². The molecule has 0 saturated carbocycles. The molecule has 0 bridgehead atoms. The number of fused-ring (bicyclic) bond motifs is 1. The molecule has 1 heterocycles. The van der Waals surface area contributed by atoms with Gasteiger partial charge >= 0.3 is 6.09 Å². The third-order valence-corrected chi connectivity index (χ3v) is 6.05. The molecule has 0 radical (unpaired) electrons. The van der Waals surface area contributed by atoms with Gasteiger partial charge in [-0.05, 0) is 56.2 Å². The molecular formula is C22H26N2O5S. The number of sulfone groups is 1. The Balaban J connectivity index is 2.08. The number of anilines is 2. The van der Waals surface area contributed by atoms with Gasteiger partial charge in [-0.3, -0.25) is 9.69 Å². The highest BCUT2D eigenvalue weighted by molar-refractivity contribution is 7.90. The smallest absolute Gasteiger partial charge is 0.414 e. The molecule has 0 N–H and O–H groups in total.